The molecule has 4 aliphatic rings. The van der Waals surface area contributed by atoms with Gasteiger partial charge in [-0.15, -0.1) is 23.2 Å². The largest absolute Gasteiger partial charge is 0.508 e. The van der Waals surface area contributed by atoms with Crippen LogP contribution in [-0.2, 0) is 24.0 Å². The molecule has 3 fully saturated rings. The lowest BCUT2D eigenvalue weighted by Crippen LogP contribution is -2.60. The average Bonchev–Trinajstić information content (AvgIpc) is 3.27. The van der Waals surface area contributed by atoms with Crippen LogP contribution >= 0.6 is 23.2 Å². The van der Waals surface area contributed by atoms with Gasteiger partial charge in [-0.05, 0) is 31.6 Å². The summed E-state index contributed by atoms with van der Waals surface area (Å²) >= 11 is 14.4. The number of hydrogen-bond donors (Lipinski definition) is 2. The highest BCUT2D eigenvalue weighted by Gasteiger charge is 2.76. The van der Waals surface area contributed by atoms with Crippen molar-refractivity contribution in [3.63, 3.8) is 0 Å². The fraction of sp³-hybridized carbons (Fsp3) is 0.552. The number of carbonyl (C=O) groups is 5. The highest BCUT2D eigenvalue weighted by atomic mass is 35.5. The minimum atomic E-state index is -2.03. The van der Waals surface area contributed by atoms with Crippen LogP contribution in [0.2, 0.25) is 0 Å². The predicted molar refractivity (Wildman–Crippen MR) is 150 cm³/mol. The number of fused-ring (bicyclic) bond motifs is 4. The number of rotatable bonds is 9. The number of alkyl halides is 2. The first kappa shape index (κ1) is 30.2. The average molecular weight is 623 g/mol. The third-order valence-electron chi connectivity index (χ3n) is 9.20. The number of carboxylic acid groups (broad SMARTS) is 1. The molecule has 1 saturated carbocycles. The number of aromatic hydroxyl groups is 1. The minimum absolute atomic E-state index is 0.00719. The maximum atomic E-state index is 13.9. The number of aliphatic carboxylic acids is 1. The van der Waals surface area contributed by atoms with Crippen molar-refractivity contribution in [1.82, 2.24) is 9.80 Å². The molecule has 2 aliphatic heterocycles. The topological polar surface area (TPSA) is 151 Å². The van der Waals surface area contributed by atoms with Crippen molar-refractivity contribution >= 4 is 52.8 Å². The Labute approximate surface area is 252 Å². The first-order chi connectivity index (χ1) is 19.8. The Morgan fingerprint density at radius 2 is 1.64 bits per heavy atom. The Bertz CT molecular complexity index is 1390. The second-order valence-corrected chi connectivity index (χ2v) is 12.5. The van der Waals surface area contributed by atoms with E-state index in [1.54, 1.807) is 6.08 Å². The number of carbonyl (C=O) groups excluding carboxylic acids is 4. The van der Waals surface area contributed by atoms with Crippen molar-refractivity contribution < 1.29 is 43.7 Å². The smallest absolute Gasteiger partial charge is 0.303 e. The molecule has 13 heteroatoms. The van der Waals surface area contributed by atoms with E-state index in [-0.39, 0.29) is 54.5 Å². The lowest BCUT2D eigenvalue weighted by atomic mass is 9.56. The number of hydrogen-bond acceptors (Lipinski definition) is 8. The fourth-order valence-electron chi connectivity index (χ4n) is 7.28. The monoisotopic (exact) mass is 622 g/mol. The normalized spacial score (nSPS) is 32.0. The zero-order valence-corrected chi connectivity index (χ0v) is 24.9. The van der Waals surface area contributed by atoms with E-state index in [9.17, 15) is 29.1 Å². The van der Waals surface area contributed by atoms with E-state index in [2.05, 4.69) is 0 Å². The van der Waals surface area contributed by atoms with Crippen molar-refractivity contribution in [2.45, 2.75) is 54.2 Å². The maximum absolute atomic E-state index is 13.9. The molecule has 11 nitrogen and oxygen atoms in total. The number of carboxylic acids is 1. The van der Waals surface area contributed by atoms with Crippen molar-refractivity contribution in [3.8, 4) is 17.2 Å². The van der Waals surface area contributed by atoms with Gasteiger partial charge in [0.15, 0.2) is 9.75 Å². The van der Waals surface area contributed by atoms with Gasteiger partial charge < -0.3 is 19.7 Å². The van der Waals surface area contributed by atoms with Crippen LogP contribution in [0.5, 0.6) is 17.2 Å². The SMILES string of the molecule is COc1cc(O)cc(OC)c1C1C2=CCC3C(=O)N(CCCCCC(=O)O)C(=O)C3C2CC2(Cl)C(=O)N(C)C(=O)C12Cl. The van der Waals surface area contributed by atoms with Gasteiger partial charge in [-0.1, -0.05) is 18.1 Å². The molecule has 42 heavy (non-hydrogen) atoms. The highest BCUT2D eigenvalue weighted by molar-refractivity contribution is 6.53. The quantitative estimate of drug-likeness (QED) is 0.183. The number of imide groups is 2. The van der Waals surface area contributed by atoms with Crippen LogP contribution in [0.1, 0.15) is 50.0 Å². The van der Waals surface area contributed by atoms with Gasteiger partial charge in [0, 0.05) is 43.6 Å². The first-order valence-corrected chi connectivity index (χ1v) is 14.5. The Balaban J connectivity index is 1.60. The molecule has 6 atom stereocenters. The third-order valence-corrected chi connectivity index (χ3v) is 10.6. The fourth-order valence-corrected chi connectivity index (χ4v) is 8.28. The van der Waals surface area contributed by atoms with Crippen LogP contribution in [0.3, 0.4) is 0 Å². The first-order valence-electron chi connectivity index (χ1n) is 13.8. The van der Waals surface area contributed by atoms with Crippen LogP contribution in [-0.4, -0.2) is 87.2 Å². The summed E-state index contributed by atoms with van der Waals surface area (Å²) in [6, 6.07) is 2.68. The summed E-state index contributed by atoms with van der Waals surface area (Å²) < 4.78 is 11.2. The Morgan fingerprint density at radius 3 is 2.24 bits per heavy atom. The predicted octanol–water partition coefficient (Wildman–Crippen LogP) is 3.04. The summed E-state index contributed by atoms with van der Waals surface area (Å²) in [4.78, 5) is 63.7. The molecule has 1 aromatic carbocycles. The number of halogens is 2. The summed E-state index contributed by atoms with van der Waals surface area (Å²) in [5, 5.41) is 19.2. The van der Waals surface area contributed by atoms with Crippen molar-refractivity contribution in [2.24, 2.45) is 17.8 Å². The number of unbranched alkanes of at least 4 members (excludes halogenated alkanes) is 2. The number of benzene rings is 1. The number of ether oxygens (including phenoxy) is 2. The summed E-state index contributed by atoms with van der Waals surface area (Å²) in [5.74, 6) is -6.25. The number of methoxy groups -OCH3 is 2. The summed E-state index contributed by atoms with van der Waals surface area (Å²) in [6.45, 7) is 0.154. The standard InChI is InChI=1S/C29H32Cl2N2O9/c1-32-26(39)28(30)13-17-15(8-9-16-21(17)25(38)33(24(16)37)10-6-4-5-7-20(35)36)23(29(28,31)27(32)40)22-18(41-2)11-14(34)12-19(22)42-3/h8,11-12,16-17,21,23,34H,4-7,9-10,13H2,1-3H3,(H,35,36). The number of amides is 4. The number of phenolic OH excluding ortho intramolecular Hbond substituents is 1. The van der Waals surface area contributed by atoms with E-state index in [1.807, 2.05) is 0 Å². The van der Waals surface area contributed by atoms with Gasteiger partial charge in [0.05, 0.1) is 26.1 Å². The molecule has 2 N–H and O–H groups in total. The zero-order chi connectivity index (χ0) is 30.7. The van der Waals surface area contributed by atoms with E-state index >= 15 is 0 Å². The Morgan fingerprint density at radius 1 is 1.00 bits per heavy atom. The van der Waals surface area contributed by atoms with Crippen molar-refractivity contribution in [2.75, 3.05) is 27.8 Å². The van der Waals surface area contributed by atoms with Gasteiger partial charge in [0.25, 0.3) is 11.8 Å². The highest BCUT2D eigenvalue weighted by Crippen LogP contribution is 2.67. The summed E-state index contributed by atoms with van der Waals surface area (Å²) in [7, 11) is 4.05. The lowest BCUT2D eigenvalue weighted by Gasteiger charge is -2.51. The van der Waals surface area contributed by atoms with Gasteiger partial charge in [-0.25, -0.2) is 0 Å². The van der Waals surface area contributed by atoms with Crippen LogP contribution in [0, 0.1) is 17.8 Å². The molecule has 4 amide bonds. The minimum Gasteiger partial charge on any atom is -0.508 e. The second-order valence-electron chi connectivity index (χ2n) is 11.3. The molecular formula is C29H32Cl2N2O9. The van der Waals surface area contributed by atoms with Gasteiger partial charge in [0.1, 0.15) is 17.2 Å². The van der Waals surface area contributed by atoms with E-state index in [0.717, 1.165) is 4.90 Å². The van der Waals surface area contributed by atoms with Crippen molar-refractivity contribution in [3.05, 3.63) is 29.3 Å². The summed E-state index contributed by atoms with van der Waals surface area (Å²) in [5.41, 5.74) is 0.862. The zero-order valence-electron chi connectivity index (χ0n) is 23.4. The van der Waals surface area contributed by atoms with Gasteiger partial charge in [0.2, 0.25) is 11.8 Å². The molecule has 0 bridgehead atoms. The van der Waals surface area contributed by atoms with Crippen LogP contribution < -0.4 is 9.47 Å². The molecule has 6 unspecified atom stereocenters. The van der Waals surface area contributed by atoms with Crippen molar-refractivity contribution in [1.29, 1.82) is 0 Å². The van der Waals surface area contributed by atoms with Gasteiger partial charge in [-0.2, -0.15) is 0 Å². The molecule has 5 rings (SSSR count). The van der Waals surface area contributed by atoms with E-state index in [0.29, 0.717) is 24.8 Å². The Hall–Kier alpha value is -3.31. The van der Waals surface area contributed by atoms with Crippen LogP contribution in [0.4, 0.5) is 0 Å². The molecule has 0 radical (unpaired) electrons. The molecular weight excluding hydrogens is 591 g/mol. The number of likely N-dealkylation sites (tertiary alicyclic amines) is 2. The van der Waals surface area contributed by atoms with E-state index in [4.69, 9.17) is 37.8 Å². The number of nitrogens with zero attached hydrogens (tertiary/aromatic N) is 2. The molecule has 0 aromatic heterocycles. The van der Waals surface area contributed by atoms with Crippen LogP contribution in [0.25, 0.3) is 0 Å². The summed E-state index contributed by atoms with van der Waals surface area (Å²) in [6.07, 6.45) is 3.30. The maximum Gasteiger partial charge on any atom is 0.303 e. The molecule has 2 heterocycles. The molecule has 0 spiro atoms. The molecule has 226 valence electrons. The second kappa shape index (κ2) is 10.8. The number of phenols is 1. The number of allylic oxidation sites excluding steroid dienone is 2. The van der Waals surface area contributed by atoms with Gasteiger partial charge in [-0.3, -0.25) is 33.8 Å². The third kappa shape index (κ3) is 4.18. The van der Waals surface area contributed by atoms with E-state index < -0.39 is 57.1 Å². The Kier molecular flexibility index (Phi) is 7.72. The molecule has 2 aliphatic carbocycles. The molecule has 2 saturated heterocycles. The van der Waals surface area contributed by atoms with Gasteiger partial charge >= 0.3 is 5.97 Å². The van der Waals surface area contributed by atoms with Crippen LogP contribution in [0.15, 0.2) is 23.8 Å². The van der Waals surface area contributed by atoms with E-state index in [1.165, 1.54) is 38.3 Å². The lowest BCUT2D eigenvalue weighted by molar-refractivity contribution is -0.141. The molecule has 1 aromatic rings.